The van der Waals surface area contributed by atoms with Crippen molar-refractivity contribution in [3.63, 3.8) is 0 Å². The van der Waals surface area contributed by atoms with Crippen molar-refractivity contribution in [3.8, 4) is 0 Å². The summed E-state index contributed by atoms with van der Waals surface area (Å²) in [5, 5.41) is 0. The topological polar surface area (TPSA) is 38.5 Å². The van der Waals surface area contributed by atoms with Gasteiger partial charge in [-0.1, -0.05) is 19.3 Å². The molecular weight excluding hydrogens is 212 g/mol. The van der Waals surface area contributed by atoms with Gasteiger partial charge in [0.2, 0.25) is 0 Å². The summed E-state index contributed by atoms with van der Waals surface area (Å²) in [4.78, 5) is 2.53. The van der Waals surface area contributed by atoms with Gasteiger partial charge in [-0.2, -0.15) is 0 Å². The van der Waals surface area contributed by atoms with Crippen LogP contribution >= 0.6 is 0 Å². The Hall–Kier alpha value is -0.120. The van der Waals surface area contributed by atoms with Gasteiger partial charge in [0.1, 0.15) is 0 Å². The molecule has 0 aromatic rings. The van der Waals surface area contributed by atoms with E-state index < -0.39 is 0 Å². The van der Waals surface area contributed by atoms with Gasteiger partial charge in [0.25, 0.3) is 0 Å². The van der Waals surface area contributed by atoms with Gasteiger partial charge in [0.05, 0.1) is 6.10 Å². The predicted molar refractivity (Wildman–Crippen MR) is 71.0 cm³/mol. The Kier molecular flexibility index (Phi) is 5.26. The fourth-order valence-corrected chi connectivity index (χ4v) is 3.47. The molecule has 0 aromatic carbocycles. The second-order valence-electron chi connectivity index (χ2n) is 5.78. The second kappa shape index (κ2) is 6.72. The first kappa shape index (κ1) is 13.3. The molecule has 100 valence electrons. The molecule has 1 saturated carbocycles. The summed E-state index contributed by atoms with van der Waals surface area (Å²) >= 11 is 0. The Balaban J connectivity index is 1.87. The fourth-order valence-electron chi connectivity index (χ4n) is 3.47. The molecule has 0 aromatic heterocycles. The highest BCUT2D eigenvalue weighted by Gasteiger charge is 2.28. The Morgan fingerprint density at radius 1 is 1.12 bits per heavy atom. The number of likely N-dealkylation sites (N-methyl/N-ethyl adjacent to an activating group) is 1. The van der Waals surface area contributed by atoms with E-state index in [1.165, 1.54) is 44.9 Å². The molecule has 2 N–H and O–H groups in total. The van der Waals surface area contributed by atoms with Crippen LogP contribution in [0.4, 0.5) is 0 Å². The van der Waals surface area contributed by atoms with E-state index in [1.807, 2.05) is 0 Å². The van der Waals surface area contributed by atoms with Crippen molar-refractivity contribution in [2.24, 2.45) is 11.7 Å². The number of ether oxygens (including phenoxy) is 1. The summed E-state index contributed by atoms with van der Waals surface area (Å²) in [6, 6.07) is 0.687. The monoisotopic (exact) mass is 240 g/mol. The molecule has 17 heavy (non-hydrogen) atoms. The van der Waals surface area contributed by atoms with E-state index in [9.17, 15) is 0 Å². The summed E-state index contributed by atoms with van der Waals surface area (Å²) in [6.45, 7) is 2.91. The van der Waals surface area contributed by atoms with Gasteiger partial charge in [-0.3, -0.25) is 0 Å². The molecule has 2 fully saturated rings. The third kappa shape index (κ3) is 3.67. The zero-order chi connectivity index (χ0) is 12.1. The zero-order valence-electron chi connectivity index (χ0n) is 11.2. The molecule has 3 atom stereocenters. The molecule has 0 bridgehead atoms. The molecule has 2 rings (SSSR count). The molecule has 3 heteroatoms. The maximum Gasteiger partial charge on any atom is 0.0702 e. The van der Waals surface area contributed by atoms with E-state index in [4.69, 9.17) is 10.5 Å². The number of rotatable bonds is 4. The van der Waals surface area contributed by atoms with Crippen LogP contribution in [0.5, 0.6) is 0 Å². The minimum Gasteiger partial charge on any atom is -0.377 e. The molecule has 0 radical (unpaired) electrons. The maximum atomic E-state index is 5.95. The van der Waals surface area contributed by atoms with Crippen molar-refractivity contribution in [1.29, 1.82) is 0 Å². The van der Waals surface area contributed by atoms with Crippen molar-refractivity contribution in [2.45, 2.75) is 57.1 Å². The Bertz CT molecular complexity index is 216. The Morgan fingerprint density at radius 2 is 1.94 bits per heavy atom. The molecule has 3 unspecified atom stereocenters. The molecule has 1 saturated heterocycles. The fraction of sp³-hybridized carbons (Fsp3) is 1.00. The highest BCUT2D eigenvalue weighted by atomic mass is 16.5. The number of hydrogen-bond donors (Lipinski definition) is 1. The molecule has 3 nitrogen and oxygen atoms in total. The highest BCUT2D eigenvalue weighted by molar-refractivity contribution is 4.83. The molecule has 0 amide bonds. The zero-order valence-corrected chi connectivity index (χ0v) is 11.2. The van der Waals surface area contributed by atoms with Crippen molar-refractivity contribution in [1.82, 2.24) is 4.90 Å². The maximum absolute atomic E-state index is 5.95. The van der Waals surface area contributed by atoms with Crippen LogP contribution in [0.1, 0.15) is 44.9 Å². The Morgan fingerprint density at radius 3 is 2.65 bits per heavy atom. The molecule has 2 aliphatic rings. The molecule has 1 aliphatic carbocycles. The number of nitrogens with two attached hydrogens (primary N) is 1. The summed E-state index contributed by atoms with van der Waals surface area (Å²) in [5.41, 5.74) is 5.95. The molecule has 0 spiro atoms. The second-order valence-corrected chi connectivity index (χ2v) is 5.78. The minimum absolute atomic E-state index is 0.474. The van der Waals surface area contributed by atoms with Gasteiger partial charge in [0.15, 0.2) is 0 Å². The van der Waals surface area contributed by atoms with Gasteiger partial charge in [-0.15, -0.1) is 0 Å². The van der Waals surface area contributed by atoms with Gasteiger partial charge < -0.3 is 15.4 Å². The quantitative estimate of drug-likeness (QED) is 0.764. The average Bonchev–Trinajstić information content (AvgIpc) is 2.71. The normalized spacial score (nSPS) is 35.1. The standard InChI is InChI=1S/C14H28N2O/c1-16(11-13-7-5-9-17-13)14-8-4-2-3-6-12(14)10-15/h12-14H,2-11,15H2,1H3. The molecular formula is C14H28N2O. The van der Waals surface area contributed by atoms with Crippen molar-refractivity contribution < 1.29 is 4.74 Å². The lowest BCUT2D eigenvalue weighted by atomic mass is 9.93. The van der Waals surface area contributed by atoms with E-state index in [0.29, 0.717) is 18.1 Å². The lowest BCUT2D eigenvalue weighted by Crippen LogP contribution is -2.43. The van der Waals surface area contributed by atoms with E-state index in [1.54, 1.807) is 0 Å². The largest absolute Gasteiger partial charge is 0.377 e. The van der Waals surface area contributed by atoms with Crippen molar-refractivity contribution >= 4 is 0 Å². The van der Waals surface area contributed by atoms with Crippen molar-refractivity contribution in [2.75, 3.05) is 26.7 Å². The van der Waals surface area contributed by atoms with Gasteiger partial charge in [-0.05, 0) is 45.2 Å². The van der Waals surface area contributed by atoms with Crippen LogP contribution in [0.15, 0.2) is 0 Å². The van der Waals surface area contributed by atoms with Gasteiger partial charge in [0, 0.05) is 19.2 Å². The van der Waals surface area contributed by atoms with E-state index in [2.05, 4.69) is 11.9 Å². The third-order valence-electron chi connectivity index (χ3n) is 4.50. The SMILES string of the molecule is CN(CC1CCCO1)C1CCCCCC1CN. The van der Waals surface area contributed by atoms with E-state index in [0.717, 1.165) is 19.7 Å². The van der Waals surface area contributed by atoms with Crippen LogP contribution in [0.3, 0.4) is 0 Å². The predicted octanol–water partition coefficient (Wildman–Crippen LogP) is 2.00. The van der Waals surface area contributed by atoms with Crippen LogP contribution < -0.4 is 5.73 Å². The van der Waals surface area contributed by atoms with E-state index >= 15 is 0 Å². The van der Waals surface area contributed by atoms with E-state index in [-0.39, 0.29) is 0 Å². The van der Waals surface area contributed by atoms with Crippen LogP contribution in [-0.4, -0.2) is 43.8 Å². The number of nitrogens with zero attached hydrogens (tertiary/aromatic N) is 1. The highest BCUT2D eigenvalue weighted by Crippen LogP contribution is 2.27. The van der Waals surface area contributed by atoms with Crippen LogP contribution in [-0.2, 0) is 4.74 Å². The summed E-state index contributed by atoms with van der Waals surface area (Å²) in [7, 11) is 2.26. The summed E-state index contributed by atoms with van der Waals surface area (Å²) in [6.07, 6.45) is 9.72. The first-order chi connectivity index (χ1) is 8.31. The first-order valence-corrected chi connectivity index (χ1v) is 7.33. The van der Waals surface area contributed by atoms with Gasteiger partial charge >= 0.3 is 0 Å². The van der Waals surface area contributed by atoms with Crippen molar-refractivity contribution in [3.05, 3.63) is 0 Å². The summed E-state index contributed by atoms with van der Waals surface area (Å²) in [5.74, 6) is 0.698. The third-order valence-corrected chi connectivity index (χ3v) is 4.50. The van der Waals surface area contributed by atoms with Crippen LogP contribution in [0.2, 0.25) is 0 Å². The first-order valence-electron chi connectivity index (χ1n) is 7.33. The molecule has 1 aliphatic heterocycles. The molecule has 1 heterocycles. The lowest BCUT2D eigenvalue weighted by Gasteiger charge is -2.34. The Labute approximate surface area is 106 Å². The van der Waals surface area contributed by atoms with Gasteiger partial charge in [-0.25, -0.2) is 0 Å². The van der Waals surface area contributed by atoms with Crippen LogP contribution in [0.25, 0.3) is 0 Å². The number of hydrogen-bond acceptors (Lipinski definition) is 3. The minimum atomic E-state index is 0.474. The summed E-state index contributed by atoms with van der Waals surface area (Å²) < 4.78 is 5.74. The lowest BCUT2D eigenvalue weighted by molar-refractivity contribution is 0.0551. The smallest absolute Gasteiger partial charge is 0.0702 e. The average molecular weight is 240 g/mol. The van der Waals surface area contributed by atoms with Crippen LogP contribution in [0, 0.1) is 5.92 Å².